The number of hydrogen-bond acceptors (Lipinski definition) is 4. The Hall–Kier alpha value is -2.89. The number of hydrogen-bond donors (Lipinski definition) is 2. The first-order chi connectivity index (χ1) is 11.6. The molecule has 0 spiro atoms. The van der Waals surface area contributed by atoms with E-state index in [1.807, 2.05) is 31.2 Å². The maximum Gasteiger partial charge on any atom is 0.319 e. The van der Waals surface area contributed by atoms with Gasteiger partial charge < -0.3 is 24.8 Å². The normalized spacial score (nSPS) is 10.0. The van der Waals surface area contributed by atoms with Crippen molar-refractivity contribution in [1.29, 1.82) is 0 Å². The molecule has 2 rings (SSSR count). The van der Waals surface area contributed by atoms with Gasteiger partial charge in [0.05, 0.1) is 21.3 Å². The lowest BCUT2D eigenvalue weighted by Gasteiger charge is -2.12. The fraction of sp³-hybridized carbons (Fsp3) is 0.278. The largest absolute Gasteiger partial charge is 0.496 e. The van der Waals surface area contributed by atoms with Crippen molar-refractivity contribution in [2.45, 2.75) is 13.5 Å². The van der Waals surface area contributed by atoms with Crippen molar-refractivity contribution in [3.8, 4) is 17.2 Å². The van der Waals surface area contributed by atoms with Crippen LogP contribution in [0.1, 0.15) is 11.1 Å². The SMILES string of the molecule is COc1ccc(NC(=O)NCc2ccc(OC)c(OC)c2)cc1C. The Morgan fingerprint density at radius 1 is 0.917 bits per heavy atom. The van der Waals surface area contributed by atoms with Gasteiger partial charge in [-0.15, -0.1) is 0 Å². The van der Waals surface area contributed by atoms with Crippen LogP contribution in [0.3, 0.4) is 0 Å². The predicted molar refractivity (Wildman–Crippen MR) is 93.1 cm³/mol. The zero-order valence-electron chi connectivity index (χ0n) is 14.3. The summed E-state index contributed by atoms with van der Waals surface area (Å²) in [5.74, 6) is 2.06. The summed E-state index contributed by atoms with van der Waals surface area (Å²) in [6.07, 6.45) is 0. The van der Waals surface area contributed by atoms with Crippen LogP contribution in [0.2, 0.25) is 0 Å². The highest BCUT2D eigenvalue weighted by atomic mass is 16.5. The number of ether oxygens (including phenoxy) is 3. The summed E-state index contributed by atoms with van der Waals surface area (Å²) in [5.41, 5.74) is 2.57. The summed E-state index contributed by atoms with van der Waals surface area (Å²) in [5, 5.41) is 5.60. The van der Waals surface area contributed by atoms with E-state index in [1.165, 1.54) is 0 Å². The van der Waals surface area contributed by atoms with Gasteiger partial charge in [0, 0.05) is 12.2 Å². The number of carbonyl (C=O) groups is 1. The summed E-state index contributed by atoms with van der Waals surface area (Å²) in [6, 6.07) is 10.7. The summed E-state index contributed by atoms with van der Waals surface area (Å²) < 4.78 is 15.6. The van der Waals surface area contributed by atoms with Crippen molar-refractivity contribution in [3.05, 3.63) is 47.5 Å². The zero-order valence-corrected chi connectivity index (χ0v) is 14.3. The maximum absolute atomic E-state index is 12.0. The molecule has 24 heavy (non-hydrogen) atoms. The van der Waals surface area contributed by atoms with E-state index in [-0.39, 0.29) is 6.03 Å². The smallest absolute Gasteiger partial charge is 0.319 e. The van der Waals surface area contributed by atoms with Crippen LogP contribution in [0, 0.1) is 6.92 Å². The number of rotatable bonds is 6. The number of carbonyl (C=O) groups excluding carboxylic acids is 1. The summed E-state index contributed by atoms with van der Waals surface area (Å²) in [6.45, 7) is 2.30. The first-order valence-corrected chi connectivity index (χ1v) is 7.47. The van der Waals surface area contributed by atoms with Crippen molar-refractivity contribution < 1.29 is 19.0 Å². The molecule has 6 heteroatoms. The monoisotopic (exact) mass is 330 g/mol. The molecule has 0 heterocycles. The van der Waals surface area contributed by atoms with Crippen LogP contribution in [-0.4, -0.2) is 27.4 Å². The molecule has 0 saturated heterocycles. The highest BCUT2D eigenvalue weighted by Crippen LogP contribution is 2.27. The average Bonchev–Trinajstić information content (AvgIpc) is 2.59. The van der Waals surface area contributed by atoms with Crippen LogP contribution in [0.5, 0.6) is 17.2 Å². The molecule has 128 valence electrons. The molecule has 0 fully saturated rings. The third-order valence-electron chi connectivity index (χ3n) is 3.55. The van der Waals surface area contributed by atoms with E-state index < -0.39 is 0 Å². The Morgan fingerprint density at radius 3 is 2.21 bits per heavy atom. The third-order valence-corrected chi connectivity index (χ3v) is 3.55. The molecule has 0 saturated carbocycles. The molecule has 0 bridgehead atoms. The van der Waals surface area contributed by atoms with Gasteiger partial charge >= 0.3 is 6.03 Å². The minimum atomic E-state index is -0.283. The van der Waals surface area contributed by atoms with Gasteiger partial charge in [-0.3, -0.25) is 0 Å². The summed E-state index contributed by atoms with van der Waals surface area (Å²) in [4.78, 5) is 12.0. The van der Waals surface area contributed by atoms with Crippen molar-refractivity contribution >= 4 is 11.7 Å². The van der Waals surface area contributed by atoms with Crippen molar-refractivity contribution in [2.75, 3.05) is 26.6 Å². The van der Waals surface area contributed by atoms with Gasteiger partial charge in [0.15, 0.2) is 11.5 Å². The lowest BCUT2D eigenvalue weighted by atomic mass is 10.2. The number of benzene rings is 2. The quantitative estimate of drug-likeness (QED) is 0.852. The topological polar surface area (TPSA) is 68.8 Å². The molecule has 0 radical (unpaired) electrons. The molecule has 0 aliphatic heterocycles. The molecule has 0 atom stereocenters. The number of urea groups is 1. The lowest BCUT2D eigenvalue weighted by Crippen LogP contribution is -2.28. The number of amides is 2. The first kappa shape index (κ1) is 17.5. The van der Waals surface area contributed by atoms with Gasteiger partial charge in [0.2, 0.25) is 0 Å². The summed E-state index contributed by atoms with van der Waals surface area (Å²) >= 11 is 0. The lowest BCUT2D eigenvalue weighted by molar-refractivity contribution is 0.251. The van der Waals surface area contributed by atoms with E-state index in [2.05, 4.69) is 10.6 Å². The van der Waals surface area contributed by atoms with E-state index in [1.54, 1.807) is 33.5 Å². The number of anilines is 1. The van der Waals surface area contributed by atoms with E-state index >= 15 is 0 Å². The Bertz CT molecular complexity index is 716. The Kier molecular flexibility index (Phi) is 5.89. The van der Waals surface area contributed by atoms with Gasteiger partial charge in [-0.2, -0.15) is 0 Å². The molecule has 0 unspecified atom stereocenters. The minimum Gasteiger partial charge on any atom is -0.496 e. The first-order valence-electron chi connectivity index (χ1n) is 7.47. The number of methoxy groups -OCH3 is 3. The standard InChI is InChI=1S/C18H22N2O4/c1-12-9-14(6-8-15(12)22-2)20-18(21)19-11-13-5-7-16(23-3)17(10-13)24-4/h5-10H,11H2,1-4H3,(H2,19,20,21). The van der Waals surface area contributed by atoms with Crippen LogP contribution in [-0.2, 0) is 6.54 Å². The third kappa shape index (κ3) is 4.32. The highest BCUT2D eigenvalue weighted by Gasteiger charge is 2.07. The Labute approximate surface area is 141 Å². The zero-order chi connectivity index (χ0) is 17.5. The van der Waals surface area contributed by atoms with E-state index in [4.69, 9.17) is 14.2 Å². The van der Waals surface area contributed by atoms with Crippen LogP contribution >= 0.6 is 0 Å². The van der Waals surface area contributed by atoms with Gasteiger partial charge in [-0.05, 0) is 48.4 Å². The van der Waals surface area contributed by atoms with Crippen LogP contribution in [0.15, 0.2) is 36.4 Å². The fourth-order valence-corrected chi connectivity index (χ4v) is 2.30. The van der Waals surface area contributed by atoms with Gasteiger partial charge in [0.25, 0.3) is 0 Å². The minimum absolute atomic E-state index is 0.283. The Morgan fingerprint density at radius 2 is 1.58 bits per heavy atom. The molecule has 0 aliphatic rings. The average molecular weight is 330 g/mol. The fourth-order valence-electron chi connectivity index (χ4n) is 2.30. The van der Waals surface area contributed by atoms with Crippen molar-refractivity contribution in [1.82, 2.24) is 5.32 Å². The van der Waals surface area contributed by atoms with Gasteiger partial charge in [-0.25, -0.2) is 4.79 Å². The number of aryl methyl sites for hydroxylation is 1. The Balaban J connectivity index is 1.94. The van der Waals surface area contributed by atoms with E-state index in [0.29, 0.717) is 23.7 Å². The van der Waals surface area contributed by atoms with Gasteiger partial charge in [-0.1, -0.05) is 6.07 Å². The second-order valence-corrected chi connectivity index (χ2v) is 5.18. The highest BCUT2D eigenvalue weighted by molar-refractivity contribution is 5.89. The second-order valence-electron chi connectivity index (χ2n) is 5.18. The number of nitrogens with one attached hydrogen (secondary N) is 2. The van der Waals surface area contributed by atoms with Crippen LogP contribution in [0.25, 0.3) is 0 Å². The van der Waals surface area contributed by atoms with E-state index in [0.717, 1.165) is 16.9 Å². The molecule has 2 amide bonds. The molecule has 2 N–H and O–H groups in total. The molecular weight excluding hydrogens is 308 g/mol. The van der Waals surface area contributed by atoms with Crippen molar-refractivity contribution in [3.63, 3.8) is 0 Å². The van der Waals surface area contributed by atoms with Gasteiger partial charge in [0.1, 0.15) is 5.75 Å². The maximum atomic E-state index is 12.0. The molecule has 2 aromatic carbocycles. The molecule has 0 aromatic heterocycles. The predicted octanol–water partition coefficient (Wildman–Crippen LogP) is 3.34. The van der Waals surface area contributed by atoms with Crippen LogP contribution < -0.4 is 24.8 Å². The molecule has 2 aromatic rings. The summed E-state index contributed by atoms with van der Waals surface area (Å²) in [7, 11) is 4.78. The van der Waals surface area contributed by atoms with Crippen molar-refractivity contribution in [2.24, 2.45) is 0 Å². The molecule has 0 aliphatic carbocycles. The van der Waals surface area contributed by atoms with Crippen LogP contribution in [0.4, 0.5) is 10.5 Å². The molecular formula is C18H22N2O4. The second kappa shape index (κ2) is 8.10. The molecule has 6 nitrogen and oxygen atoms in total. The van der Waals surface area contributed by atoms with E-state index in [9.17, 15) is 4.79 Å².